The van der Waals surface area contributed by atoms with Gasteiger partial charge in [-0.2, -0.15) is 0 Å². The molecule has 2 rings (SSSR count). The van der Waals surface area contributed by atoms with Gasteiger partial charge in [0.25, 0.3) is 5.91 Å². The molecular formula is C13H17NO2. The van der Waals surface area contributed by atoms with Crippen molar-refractivity contribution in [3.05, 3.63) is 30.3 Å². The molecule has 16 heavy (non-hydrogen) atoms. The SMILES string of the molecule is CC(Oc1ccccc1)C(=O)N1CCCC1. The molecule has 0 aromatic heterocycles. The molecule has 0 radical (unpaired) electrons. The highest BCUT2D eigenvalue weighted by Crippen LogP contribution is 2.14. The zero-order valence-corrected chi connectivity index (χ0v) is 9.56. The zero-order chi connectivity index (χ0) is 11.4. The quantitative estimate of drug-likeness (QED) is 0.779. The van der Waals surface area contributed by atoms with Crippen molar-refractivity contribution in [3.63, 3.8) is 0 Å². The number of rotatable bonds is 3. The Morgan fingerprint density at radius 2 is 1.88 bits per heavy atom. The van der Waals surface area contributed by atoms with Crippen LogP contribution in [0.1, 0.15) is 19.8 Å². The number of nitrogens with zero attached hydrogens (tertiary/aromatic N) is 1. The fraction of sp³-hybridized carbons (Fsp3) is 0.462. The smallest absolute Gasteiger partial charge is 0.263 e. The average Bonchev–Trinajstić information content (AvgIpc) is 2.83. The Morgan fingerprint density at radius 3 is 2.50 bits per heavy atom. The molecule has 0 N–H and O–H groups in total. The normalized spacial score (nSPS) is 17.2. The van der Waals surface area contributed by atoms with Gasteiger partial charge in [0, 0.05) is 13.1 Å². The van der Waals surface area contributed by atoms with Crippen LogP contribution in [0.4, 0.5) is 0 Å². The molecule has 0 saturated carbocycles. The topological polar surface area (TPSA) is 29.5 Å². The molecule has 1 aromatic rings. The van der Waals surface area contributed by atoms with Crippen LogP contribution in [-0.2, 0) is 4.79 Å². The number of benzene rings is 1. The molecular weight excluding hydrogens is 202 g/mol. The predicted molar refractivity (Wildman–Crippen MR) is 62.3 cm³/mol. The van der Waals surface area contributed by atoms with Crippen molar-refractivity contribution >= 4 is 5.91 Å². The van der Waals surface area contributed by atoms with Crippen LogP contribution >= 0.6 is 0 Å². The molecule has 0 spiro atoms. The summed E-state index contributed by atoms with van der Waals surface area (Å²) in [4.78, 5) is 13.8. The van der Waals surface area contributed by atoms with Crippen LogP contribution < -0.4 is 4.74 Å². The first-order valence-corrected chi connectivity index (χ1v) is 5.78. The number of hydrogen-bond acceptors (Lipinski definition) is 2. The van der Waals surface area contributed by atoms with Gasteiger partial charge in [-0.05, 0) is 31.9 Å². The van der Waals surface area contributed by atoms with Crippen LogP contribution in [0.5, 0.6) is 5.75 Å². The summed E-state index contributed by atoms with van der Waals surface area (Å²) in [5.41, 5.74) is 0. The molecule has 3 nitrogen and oxygen atoms in total. The van der Waals surface area contributed by atoms with E-state index in [4.69, 9.17) is 4.74 Å². The van der Waals surface area contributed by atoms with E-state index in [0.29, 0.717) is 0 Å². The minimum atomic E-state index is -0.388. The lowest BCUT2D eigenvalue weighted by Crippen LogP contribution is -2.38. The van der Waals surface area contributed by atoms with Crippen LogP contribution in [0.2, 0.25) is 0 Å². The molecule has 3 heteroatoms. The van der Waals surface area contributed by atoms with E-state index in [-0.39, 0.29) is 12.0 Å². The monoisotopic (exact) mass is 219 g/mol. The van der Waals surface area contributed by atoms with E-state index < -0.39 is 0 Å². The first-order valence-electron chi connectivity index (χ1n) is 5.78. The van der Waals surface area contributed by atoms with Crippen molar-refractivity contribution in [1.29, 1.82) is 0 Å². The van der Waals surface area contributed by atoms with Gasteiger partial charge in [-0.1, -0.05) is 18.2 Å². The first-order chi connectivity index (χ1) is 7.77. The lowest BCUT2D eigenvalue weighted by molar-refractivity contribution is -0.136. The molecule has 1 aliphatic rings. The van der Waals surface area contributed by atoms with E-state index in [1.165, 1.54) is 0 Å². The maximum absolute atomic E-state index is 12.0. The molecule has 1 aromatic carbocycles. The van der Waals surface area contributed by atoms with Crippen molar-refractivity contribution in [2.75, 3.05) is 13.1 Å². The van der Waals surface area contributed by atoms with Crippen molar-refractivity contribution in [1.82, 2.24) is 4.90 Å². The Labute approximate surface area is 96.0 Å². The highest BCUT2D eigenvalue weighted by molar-refractivity contribution is 5.81. The second-order valence-corrected chi connectivity index (χ2v) is 4.11. The Morgan fingerprint density at radius 1 is 1.25 bits per heavy atom. The summed E-state index contributed by atoms with van der Waals surface area (Å²) in [6, 6.07) is 9.48. The lowest BCUT2D eigenvalue weighted by Gasteiger charge is -2.21. The summed E-state index contributed by atoms with van der Waals surface area (Å²) >= 11 is 0. The predicted octanol–water partition coefficient (Wildman–Crippen LogP) is 2.08. The summed E-state index contributed by atoms with van der Waals surface area (Å²) in [6.45, 7) is 3.57. The largest absolute Gasteiger partial charge is 0.481 e. The third-order valence-corrected chi connectivity index (χ3v) is 2.82. The molecule has 1 aliphatic heterocycles. The molecule has 1 unspecified atom stereocenters. The van der Waals surface area contributed by atoms with Gasteiger partial charge < -0.3 is 9.64 Å². The van der Waals surface area contributed by atoms with Crippen LogP contribution in [0.3, 0.4) is 0 Å². The minimum absolute atomic E-state index is 0.0985. The van der Waals surface area contributed by atoms with Gasteiger partial charge in [0.15, 0.2) is 6.10 Å². The third kappa shape index (κ3) is 2.54. The van der Waals surface area contributed by atoms with Gasteiger partial charge in [0.05, 0.1) is 0 Å². The summed E-state index contributed by atoms with van der Waals surface area (Å²) in [6.07, 6.45) is 1.84. The standard InChI is InChI=1S/C13H17NO2/c1-11(13(15)14-9-5-6-10-14)16-12-7-3-2-4-8-12/h2-4,7-8,11H,5-6,9-10H2,1H3. The summed E-state index contributed by atoms with van der Waals surface area (Å²) in [5.74, 6) is 0.851. The second kappa shape index (κ2) is 5.01. The third-order valence-electron chi connectivity index (χ3n) is 2.82. The van der Waals surface area contributed by atoms with Gasteiger partial charge in [-0.15, -0.1) is 0 Å². The van der Waals surface area contributed by atoms with E-state index in [9.17, 15) is 4.79 Å². The van der Waals surface area contributed by atoms with E-state index in [1.807, 2.05) is 42.2 Å². The maximum atomic E-state index is 12.0. The van der Waals surface area contributed by atoms with Gasteiger partial charge in [-0.25, -0.2) is 0 Å². The second-order valence-electron chi connectivity index (χ2n) is 4.11. The van der Waals surface area contributed by atoms with Crippen LogP contribution in [-0.4, -0.2) is 30.0 Å². The summed E-state index contributed by atoms with van der Waals surface area (Å²) in [5, 5.41) is 0. The minimum Gasteiger partial charge on any atom is -0.481 e. The van der Waals surface area contributed by atoms with Crippen molar-refractivity contribution < 1.29 is 9.53 Å². The zero-order valence-electron chi connectivity index (χ0n) is 9.56. The van der Waals surface area contributed by atoms with Crippen molar-refractivity contribution in [2.24, 2.45) is 0 Å². The van der Waals surface area contributed by atoms with Gasteiger partial charge in [0.2, 0.25) is 0 Å². The number of hydrogen-bond donors (Lipinski definition) is 0. The molecule has 1 saturated heterocycles. The average molecular weight is 219 g/mol. The first kappa shape index (κ1) is 11.0. The van der Waals surface area contributed by atoms with Crippen LogP contribution in [0, 0.1) is 0 Å². The van der Waals surface area contributed by atoms with Crippen molar-refractivity contribution in [2.45, 2.75) is 25.9 Å². The summed E-state index contributed by atoms with van der Waals surface area (Å²) < 4.78 is 5.60. The molecule has 0 bridgehead atoms. The number of amides is 1. The Hall–Kier alpha value is -1.51. The van der Waals surface area contributed by atoms with Gasteiger partial charge >= 0.3 is 0 Å². The summed E-state index contributed by atoms with van der Waals surface area (Å²) in [7, 11) is 0. The van der Waals surface area contributed by atoms with Gasteiger partial charge in [0.1, 0.15) is 5.75 Å². The number of para-hydroxylation sites is 1. The number of carbonyl (C=O) groups excluding carboxylic acids is 1. The van der Waals surface area contributed by atoms with E-state index >= 15 is 0 Å². The molecule has 1 heterocycles. The molecule has 1 atom stereocenters. The van der Waals surface area contributed by atoms with Gasteiger partial charge in [-0.3, -0.25) is 4.79 Å². The number of likely N-dealkylation sites (tertiary alicyclic amines) is 1. The molecule has 0 aliphatic carbocycles. The maximum Gasteiger partial charge on any atom is 0.263 e. The Bertz CT molecular complexity index is 344. The Kier molecular flexibility index (Phi) is 3.44. The highest BCUT2D eigenvalue weighted by Gasteiger charge is 2.24. The van der Waals surface area contributed by atoms with Crippen LogP contribution in [0.15, 0.2) is 30.3 Å². The fourth-order valence-electron chi connectivity index (χ4n) is 1.95. The van der Waals surface area contributed by atoms with E-state index in [2.05, 4.69) is 0 Å². The van der Waals surface area contributed by atoms with E-state index in [0.717, 1.165) is 31.7 Å². The van der Waals surface area contributed by atoms with Crippen molar-refractivity contribution in [3.8, 4) is 5.75 Å². The van der Waals surface area contributed by atoms with Crippen LogP contribution in [0.25, 0.3) is 0 Å². The fourth-order valence-corrected chi connectivity index (χ4v) is 1.95. The highest BCUT2D eigenvalue weighted by atomic mass is 16.5. The molecule has 86 valence electrons. The lowest BCUT2D eigenvalue weighted by atomic mass is 10.3. The molecule has 1 amide bonds. The van der Waals surface area contributed by atoms with E-state index in [1.54, 1.807) is 0 Å². The number of ether oxygens (including phenoxy) is 1. The Balaban J connectivity index is 1.92. The number of carbonyl (C=O) groups is 1. The molecule has 1 fully saturated rings.